The van der Waals surface area contributed by atoms with Crippen molar-refractivity contribution < 1.29 is 4.79 Å². The number of aromatic nitrogens is 4. The Morgan fingerprint density at radius 1 is 1.20 bits per heavy atom. The van der Waals surface area contributed by atoms with Crippen LogP contribution in [0.15, 0.2) is 48.7 Å². The van der Waals surface area contributed by atoms with Gasteiger partial charge in [-0.2, -0.15) is 15.3 Å². The first-order valence-electron chi connectivity index (χ1n) is 8.28. The Hall–Kier alpha value is -3.02. The van der Waals surface area contributed by atoms with Crippen LogP contribution in [0.5, 0.6) is 0 Å². The van der Waals surface area contributed by atoms with Gasteiger partial charge in [0.2, 0.25) is 0 Å². The first-order valence-corrected chi connectivity index (χ1v) is 8.28. The van der Waals surface area contributed by atoms with Gasteiger partial charge in [-0.05, 0) is 43.7 Å². The molecule has 25 heavy (non-hydrogen) atoms. The molecule has 0 radical (unpaired) electrons. The number of aryl methyl sites for hydroxylation is 2. The van der Waals surface area contributed by atoms with E-state index in [-0.39, 0.29) is 11.9 Å². The van der Waals surface area contributed by atoms with Crippen LogP contribution in [0, 0.1) is 6.92 Å². The molecule has 0 unspecified atom stereocenters. The van der Waals surface area contributed by atoms with E-state index in [1.54, 1.807) is 16.9 Å². The van der Waals surface area contributed by atoms with Gasteiger partial charge >= 0.3 is 0 Å². The van der Waals surface area contributed by atoms with Crippen molar-refractivity contribution >= 4 is 5.91 Å². The first kappa shape index (κ1) is 16.8. The maximum absolute atomic E-state index is 12.7. The van der Waals surface area contributed by atoms with Crippen molar-refractivity contribution in [3.05, 3.63) is 65.6 Å². The molecule has 0 aliphatic rings. The molecule has 0 saturated carbocycles. The molecule has 6 nitrogen and oxygen atoms in total. The van der Waals surface area contributed by atoms with Crippen molar-refractivity contribution in [3.8, 4) is 11.3 Å². The van der Waals surface area contributed by atoms with Crippen LogP contribution in [0.4, 0.5) is 0 Å². The lowest BCUT2D eigenvalue weighted by Crippen LogP contribution is -2.29. The predicted octanol–water partition coefficient (Wildman–Crippen LogP) is 3.07. The third-order valence-corrected chi connectivity index (χ3v) is 4.15. The Morgan fingerprint density at radius 3 is 2.68 bits per heavy atom. The zero-order valence-electron chi connectivity index (χ0n) is 14.6. The molecule has 1 amide bonds. The van der Waals surface area contributed by atoms with Crippen molar-refractivity contribution in [2.45, 2.75) is 26.3 Å². The molecule has 3 rings (SSSR count). The van der Waals surface area contributed by atoms with Crippen molar-refractivity contribution in [1.29, 1.82) is 0 Å². The molecule has 0 fully saturated rings. The highest BCUT2D eigenvalue weighted by atomic mass is 16.1. The van der Waals surface area contributed by atoms with Crippen LogP contribution in [0.3, 0.4) is 0 Å². The van der Waals surface area contributed by atoms with Gasteiger partial charge in [0.15, 0.2) is 0 Å². The summed E-state index contributed by atoms with van der Waals surface area (Å²) in [4.78, 5) is 12.7. The molecule has 0 spiro atoms. The van der Waals surface area contributed by atoms with Crippen LogP contribution in [-0.2, 0) is 7.05 Å². The van der Waals surface area contributed by atoms with Crippen LogP contribution in [-0.4, -0.2) is 25.9 Å². The van der Waals surface area contributed by atoms with E-state index >= 15 is 0 Å². The van der Waals surface area contributed by atoms with Gasteiger partial charge in [-0.15, -0.1) is 0 Å². The molecule has 0 aliphatic carbocycles. The van der Waals surface area contributed by atoms with E-state index in [0.717, 1.165) is 29.1 Å². The molecule has 0 saturated heterocycles. The van der Waals surface area contributed by atoms with E-state index in [2.05, 4.69) is 20.6 Å². The molecular formula is C19H21N5O. The summed E-state index contributed by atoms with van der Waals surface area (Å²) in [5, 5.41) is 15.5. The molecule has 128 valence electrons. The average molecular weight is 335 g/mol. The largest absolute Gasteiger partial charge is 0.344 e. The Balaban J connectivity index is 1.81. The SMILES string of the molecule is CC[C@@H](NC(=O)c1cccc(-c2ccc(C)nn2)c1)c1ccnn1C. The van der Waals surface area contributed by atoms with E-state index in [1.807, 2.05) is 57.3 Å². The van der Waals surface area contributed by atoms with Crippen molar-refractivity contribution in [2.75, 3.05) is 0 Å². The second kappa shape index (κ2) is 7.25. The topological polar surface area (TPSA) is 72.7 Å². The molecule has 6 heteroatoms. The maximum atomic E-state index is 12.7. The molecule has 0 aliphatic heterocycles. The lowest BCUT2D eigenvalue weighted by Gasteiger charge is -2.17. The van der Waals surface area contributed by atoms with E-state index in [1.165, 1.54) is 0 Å². The zero-order valence-corrected chi connectivity index (χ0v) is 14.6. The molecule has 1 aromatic carbocycles. The van der Waals surface area contributed by atoms with Gasteiger partial charge < -0.3 is 5.32 Å². The summed E-state index contributed by atoms with van der Waals surface area (Å²) in [6, 6.07) is 13.1. The van der Waals surface area contributed by atoms with Gasteiger partial charge in [-0.1, -0.05) is 19.1 Å². The molecule has 2 heterocycles. The van der Waals surface area contributed by atoms with Crippen LogP contribution < -0.4 is 5.32 Å². The summed E-state index contributed by atoms with van der Waals surface area (Å²) in [7, 11) is 1.88. The summed E-state index contributed by atoms with van der Waals surface area (Å²) < 4.78 is 1.78. The molecule has 0 bridgehead atoms. The Bertz CT molecular complexity index is 870. The zero-order chi connectivity index (χ0) is 17.8. The Kier molecular flexibility index (Phi) is 4.88. The highest BCUT2D eigenvalue weighted by molar-refractivity contribution is 5.95. The van der Waals surface area contributed by atoms with Crippen molar-refractivity contribution in [2.24, 2.45) is 7.05 Å². The summed E-state index contributed by atoms with van der Waals surface area (Å²) in [6.07, 6.45) is 2.52. The lowest BCUT2D eigenvalue weighted by atomic mass is 10.1. The van der Waals surface area contributed by atoms with E-state index in [9.17, 15) is 4.79 Å². The van der Waals surface area contributed by atoms with Crippen molar-refractivity contribution in [1.82, 2.24) is 25.3 Å². The minimum atomic E-state index is -0.116. The fraction of sp³-hybridized carbons (Fsp3) is 0.263. The number of rotatable bonds is 5. The molecule has 2 aromatic heterocycles. The third kappa shape index (κ3) is 3.74. The fourth-order valence-electron chi connectivity index (χ4n) is 2.73. The lowest BCUT2D eigenvalue weighted by molar-refractivity contribution is 0.0934. The number of nitrogens with zero attached hydrogens (tertiary/aromatic N) is 4. The Morgan fingerprint density at radius 2 is 2.04 bits per heavy atom. The van der Waals surface area contributed by atoms with Crippen LogP contribution in [0.25, 0.3) is 11.3 Å². The number of hydrogen-bond acceptors (Lipinski definition) is 4. The van der Waals surface area contributed by atoms with E-state index in [4.69, 9.17) is 0 Å². The minimum Gasteiger partial charge on any atom is -0.344 e. The van der Waals surface area contributed by atoms with Gasteiger partial charge in [0, 0.05) is 24.4 Å². The maximum Gasteiger partial charge on any atom is 0.251 e. The van der Waals surface area contributed by atoms with Gasteiger partial charge in [0.05, 0.1) is 23.1 Å². The van der Waals surface area contributed by atoms with E-state index < -0.39 is 0 Å². The second-order valence-electron chi connectivity index (χ2n) is 5.95. The van der Waals surface area contributed by atoms with Gasteiger partial charge in [0.1, 0.15) is 0 Å². The van der Waals surface area contributed by atoms with Gasteiger partial charge in [-0.25, -0.2) is 0 Å². The predicted molar refractivity (Wildman–Crippen MR) is 95.9 cm³/mol. The second-order valence-corrected chi connectivity index (χ2v) is 5.95. The summed E-state index contributed by atoms with van der Waals surface area (Å²) in [6.45, 7) is 3.93. The highest BCUT2D eigenvalue weighted by Gasteiger charge is 2.17. The number of carbonyl (C=O) groups excluding carboxylic acids is 1. The van der Waals surface area contributed by atoms with Crippen LogP contribution in [0.1, 0.15) is 41.1 Å². The number of hydrogen-bond donors (Lipinski definition) is 1. The van der Waals surface area contributed by atoms with Gasteiger partial charge in [-0.3, -0.25) is 9.48 Å². The molecular weight excluding hydrogens is 314 g/mol. The highest BCUT2D eigenvalue weighted by Crippen LogP contribution is 2.20. The normalized spacial score (nSPS) is 12.0. The van der Waals surface area contributed by atoms with Crippen molar-refractivity contribution in [3.63, 3.8) is 0 Å². The molecule has 1 N–H and O–H groups in total. The Labute approximate surface area is 146 Å². The number of carbonyl (C=O) groups is 1. The standard InChI is InChI=1S/C19H21N5O/c1-4-16(18-10-11-20-24(18)3)21-19(25)15-7-5-6-14(12-15)17-9-8-13(2)22-23-17/h5-12,16H,4H2,1-3H3,(H,21,25)/t16-/m1/s1. The number of benzene rings is 1. The number of amides is 1. The smallest absolute Gasteiger partial charge is 0.251 e. The fourth-order valence-corrected chi connectivity index (χ4v) is 2.73. The van der Waals surface area contributed by atoms with Crippen LogP contribution >= 0.6 is 0 Å². The minimum absolute atomic E-state index is 0.0807. The monoisotopic (exact) mass is 335 g/mol. The summed E-state index contributed by atoms with van der Waals surface area (Å²) in [5.74, 6) is -0.116. The first-order chi connectivity index (χ1) is 12.1. The van der Waals surface area contributed by atoms with Crippen LogP contribution in [0.2, 0.25) is 0 Å². The van der Waals surface area contributed by atoms with Gasteiger partial charge in [0.25, 0.3) is 5.91 Å². The molecule has 3 aromatic rings. The summed E-state index contributed by atoms with van der Waals surface area (Å²) in [5.41, 5.74) is 4.06. The number of nitrogens with one attached hydrogen (secondary N) is 1. The van der Waals surface area contributed by atoms with E-state index in [0.29, 0.717) is 5.56 Å². The average Bonchev–Trinajstić information content (AvgIpc) is 3.06. The summed E-state index contributed by atoms with van der Waals surface area (Å²) >= 11 is 0. The molecule has 1 atom stereocenters. The quantitative estimate of drug-likeness (QED) is 0.778. The third-order valence-electron chi connectivity index (χ3n) is 4.15.